The first kappa shape index (κ1) is 14.7. The molecule has 0 aromatic heterocycles. The van der Waals surface area contributed by atoms with Gasteiger partial charge in [-0.1, -0.05) is 6.92 Å². The van der Waals surface area contributed by atoms with Gasteiger partial charge in [-0.3, -0.25) is 0 Å². The summed E-state index contributed by atoms with van der Waals surface area (Å²) in [5.74, 6) is 1.83. The fourth-order valence-electron chi connectivity index (χ4n) is 3.56. The molecule has 116 valence electrons. The van der Waals surface area contributed by atoms with E-state index in [0.29, 0.717) is 6.04 Å². The zero-order chi connectivity index (χ0) is 14.9. The van der Waals surface area contributed by atoms with Crippen LogP contribution in [0.15, 0.2) is 24.3 Å². The molecule has 1 saturated carbocycles. The van der Waals surface area contributed by atoms with Gasteiger partial charge < -0.3 is 15.0 Å². The Bertz CT molecular complexity index is 469. The zero-order valence-corrected chi connectivity index (χ0v) is 13.6. The summed E-state index contributed by atoms with van der Waals surface area (Å²) < 4.78 is 5.56. The highest BCUT2D eigenvalue weighted by Gasteiger charge is 2.45. The molecule has 3 nitrogen and oxygen atoms in total. The van der Waals surface area contributed by atoms with Crippen molar-refractivity contribution in [1.29, 1.82) is 0 Å². The van der Waals surface area contributed by atoms with Crippen molar-refractivity contribution in [2.75, 3.05) is 24.6 Å². The third-order valence-electron chi connectivity index (χ3n) is 5.11. The Morgan fingerprint density at radius 3 is 2.52 bits per heavy atom. The standard InChI is InChI=1S/C18H28N2O/c1-4-15-12-19-18(3,14-6-7-14)13-20(15)16-8-10-17(11-9-16)21-5-2/h8-11,14-15,19H,4-7,12-13H2,1-3H3. The van der Waals surface area contributed by atoms with Gasteiger partial charge in [-0.05, 0) is 63.3 Å². The number of nitrogens with one attached hydrogen (secondary N) is 1. The molecule has 21 heavy (non-hydrogen) atoms. The molecule has 0 bridgehead atoms. The van der Waals surface area contributed by atoms with Crippen molar-refractivity contribution >= 4 is 5.69 Å². The molecule has 1 N–H and O–H groups in total. The molecule has 0 spiro atoms. The lowest BCUT2D eigenvalue weighted by atomic mass is 9.90. The highest BCUT2D eigenvalue weighted by Crippen LogP contribution is 2.42. The quantitative estimate of drug-likeness (QED) is 0.898. The molecule has 1 aliphatic heterocycles. The van der Waals surface area contributed by atoms with Crippen LogP contribution >= 0.6 is 0 Å². The predicted molar refractivity (Wildman–Crippen MR) is 88.2 cm³/mol. The molecule has 1 heterocycles. The average Bonchev–Trinajstić information content (AvgIpc) is 3.34. The monoisotopic (exact) mass is 288 g/mol. The van der Waals surface area contributed by atoms with Crippen LogP contribution < -0.4 is 15.0 Å². The first-order chi connectivity index (χ1) is 10.2. The number of piperazine rings is 1. The second-order valence-electron chi connectivity index (χ2n) is 6.69. The first-order valence-electron chi connectivity index (χ1n) is 8.41. The SMILES string of the molecule is CCOc1ccc(N2CC(C)(C3CC3)NCC2CC)cc1. The largest absolute Gasteiger partial charge is 0.494 e. The lowest BCUT2D eigenvalue weighted by Gasteiger charge is -2.47. The van der Waals surface area contributed by atoms with Gasteiger partial charge in [0.1, 0.15) is 5.75 Å². The van der Waals surface area contributed by atoms with Crippen molar-refractivity contribution in [3.05, 3.63) is 24.3 Å². The van der Waals surface area contributed by atoms with E-state index in [1.54, 1.807) is 0 Å². The number of hydrogen-bond donors (Lipinski definition) is 1. The summed E-state index contributed by atoms with van der Waals surface area (Å²) >= 11 is 0. The molecule has 2 fully saturated rings. The fraction of sp³-hybridized carbons (Fsp3) is 0.667. The molecule has 0 radical (unpaired) electrons. The van der Waals surface area contributed by atoms with E-state index in [1.807, 2.05) is 6.92 Å². The van der Waals surface area contributed by atoms with Crippen molar-refractivity contribution < 1.29 is 4.74 Å². The zero-order valence-electron chi connectivity index (χ0n) is 13.6. The second-order valence-corrected chi connectivity index (χ2v) is 6.69. The molecule has 0 amide bonds. The molecule has 1 saturated heterocycles. The van der Waals surface area contributed by atoms with Crippen molar-refractivity contribution in [3.8, 4) is 5.75 Å². The van der Waals surface area contributed by atoms with E-state index in [1.165, 1.54) is 24.9 Å². The number of hydrogen-bond acceptors (Lipinski definition) is 3. The second kappa shape index (κ2) is 5.88. The summed E-state index contributed by atoms with van der Waals surface area (Å²) in [6.07, 6.45) is 3.95. The molecule has 2 aliphatic rings. The minimum Gasteiger partial charge on any atom is -0.494 e. The lowest BCUT2D eigenvalue weighted by molar-refractivity contribution is 0.252. The van der Waals surface area contributed by atoms with Crippen LogP contribution in [0.2, 0.25) is 0 Å². The Morgan fingerprint density at radius 1 is 1.24 bits per heavy atom. The number of rotatable bonds is 5. The Kier molecular flexibility index (Phi) is 4.12. The highest BCUT2D eigenvalue weighted by atomic mass is 16.5. The normalized spacial score (nSPS) is 29.5. The Morgan fingerprint density at radius 2 is 1.95 bits per heavy atom. The van der Waals surface area contributed by atoms with Crippen molar-refractivity contribution in [2.45, 2.75) is 51.6 Å². The molecular weight excluding hydrogens is 260 g/mol. The van der Waals surface area contributed by atoms with Crippen LogP contribution in [0, 0.1) is 5.92 Å². The Labute approximate surface area is 128 Å². The number of ether oxygens (including phenoxy) is 1. The number of nitrogens with zero attached hydrogens (tertiary/aromatic N) is 1. The molecule has 2 unspecified atom stereocenters. The average molecular weight is 288 g/mol. The van der Waals surface area contributed by atoms with Gasteiger partial charge in [-0.15, -0.1) is 0 Å². The van der Waals surface area contributed by atoms with Crippen molar-refractivity contribution in [1.82, 2.24) is 5.32 Å². The smallest absolute Gasteiger partial charge is 0.119 e. The van der Waals surface area contributed by atoms with E-state index in [0.717, 1.165) is 31.4 Å². The van der Waals surface area contributed by atoms with Gasteiger partial charge >= 0.3 is 0 Å². The molecule has 1 aromatic rings. The van der Waals surface area contributed by atoms with E-state index < -0.39 is 0 Å². The van der Waals surface area contributed by atoms with E-state index in [-0.39, 0.29) is 5.54 Å². The van der Waals surface area contributed by atoms with Crippen LogP contribution in [0.5, 0.6) is 5.75 Å². The maximum absolute atomic E-state index is 5.56. The van der Waals surface area contributed by atoms with Crippen LogP contribution in [0.4, 0.5) is 5.69 Å². The van der Waals surface area contributed by atoms with Crippen LogP contribution in [-0.2, 0) is 0 Å². The lowest BCUT2D eigenvalue weighted by Crippen LogP contribution is -2.64. The van der Waals surface area contributed by atoms with Gasteiger partial charge in [-0.25, -0.2) is 0 Å². The van der Waals surface area contributed by atoms with E-state index >= 15 is 0 Å². The predicted octanol–water partition coefficient (Wildman–Crippen LogP) is 3.44. The summed E-state index contributed by atoms with van der Waals surface area (Å²) in [6.45, 7) is 9.65. The van der Waals surface area contributed by atoms with Crippen molar-refractivity contribution in [3.63, 3.8) is 0 Å². The fourth-order valence-corrected chi connectivity index (χ4v) is 3.56. The van der Waals surface area contributed by atoms with Crippen LogP contribution in [-0.4, -0.2) is 31.3 Å². The molecule has 1 aromatic carbocycles. The van der Waals surface area contributed by atoms with Gasteiger partial charge in [-0.2, -0.15) is 0 Å². The van der Waals surface area contributed by atoms with Gasteiger partial charge in [0.25, 0.3) is 0 Å². The first-order valence-corrected chi connectivity index (χ1v) is 8.41. The summed E-state index contributed by atoms with van der Waals surface area (Å²) in [6, 6.07) is 9.22. The summed E-state index contributed by atoms with van der Waals surface area (Å²) in [5.41, 5.74) is 1.61. The van der Waals surface area contributed by atoms with Crippen LogP contribution in [0.1, 0.15) is 40.0 Å². The highest BCUT2D eigenvalue weighted by molar-refractivity contribution is 5.51. The summed E-state index contributed by atoms with van der Waals surface area (Å²) in [4.78, 5) is 2.60. The molecule has 3 heteroatoms. The third-order valence-corrected chi connectivity index (χ3v) is 5.11. The third kappa shape index (κ3) is 3.03. The number of benzene rings is 1. The van der Waals surface area contributed by atoms with Crippen LogP contribution in [0.3, 0.4) is 0 Å². The topological polar surface area (TPSA) is 24.5 Å². The van der Waals surface area contributed by atoms with E-state index in [9.17, 15) is 0 Å². The Hall–Kier alpha value is -1.22. The van der Waals surface area contributed by atoms with Gasteiger partial charge in [0, 0.05) is 30.4 Å². The van der Waals surface area contributed by atoms with Crippen molar-refractivity contribution in [2.24, 2.45) is 5.92 Å². The summed E-state index contributed by atoms with van der Waals surface area (Å²) in [7, 11) is 0. The van der Waals surface area contributed by atoms with Gasteiger partial charge in [0.15, 0.2) is 0 Å². The molecule has 1 aliphatic carbocycles. The maximum Gasteiger partial charge on any atom is 0.119 e. The number of anilines is 1. The maximum atomic E-state index is 5.56. The molecular formula is C18H28N2O. The minimum absolute atomic E-state index is 0.282. The van der Waals surface area contributed by atoms with E-state index in [4.69, 9.17) is 4.74 Å². The van der Waals surface area contributed by atoms with Gasteiger partial charge in [0.05, 0.1) is 6.61 Å². The summed E-state index contributed by atoms with van der Waals surface area (Å²) in [5, 5.41) is 3.82. The minimum atomic E-state index is 0.282. The molecule has 3 rings (SSSR count). The molecule has 2 atom stereocenters. The van der Waals surface area contributed by atoms with E-state index in [2.05, 4.69) is 48.3 Å². The Balaban J connectivity index is 1.78. The van der Waals surface area contributed by atoms with Gasteiger partial charge in [0.2, 0.25) is 0 Å². The van der Waals surface area contributed by atoms with Crippen LogP contribution in [0.25, 0.3) is 0 Å².